The first kappa shape index (κ1) is 32.8. The summed E-state index contributed by atoms with van der Waals surface area (Å²) in [6.07, 6.45) is 0. The third-order valence-electron chi connectivity index (χ3n) is 11.6. The third kappa shape index (κ3) is 5.05. The van der Waals surface area contributed by atoms with Gasteiger partial charge in [-0.05, 0) is 79.8 Å². The maximum atomic E-state index is 5.42. The Bertz CT molecular complexity index is 3510. The number of imidazole rings is 1. The van der Waals surface area contributed by atoms with E-state index in [4.69, 9.17) is 9.97 Å². The maximum absolute atomic E-state index is 5.42. The molecule has 0 aliphatic heterocycles. The molecule has 0 aliphatic rings. The van der Waals surface area contributed by atoms with Crippen LogP contribution in [0.1, 0.15) is 0 Å². The first-order chi connectivity index (χ1) is 28.8. The highest BCUT2D eigenvalue weighted by Gasteiger charge is 2.24. The molecule has 3 heterocycles. The maximum Gasteiger partial charge on any atom is 0.145 e. The topological polar surface area (TPSA) is 30.7 Å². The first-order valence-corrected chi connectivity index (χ1v) is 20.5. The fraction of sp³-hybridized carbons (Fsp3) is 0. The van der Waals surface area contributed by atoms with Crippen molar-refractivity contribution >= 4 is 75.7 Å². The molecule has 270 valence electrons. The summed E-state index contributed by atoms with van der Waals surface area (Å²) in [7, 11) is 0. The van der Waals surface area contributed by atoms with E-state index >= 15 is 0 Å². The largest absolute Gasteiger partial charge is 0.292 e. The van der Waals surface area contributed by atoms with E-state index in [0.717, 1.165) is 50.4 Å². The van der Waals surface area contributed by atoms with Gasteiger partial charge in [0.05, 0.1) is 22.2 Å². The summed E-state index contributed by atoms with van der Waals surface area (Å²) in [6, 6.07) is 71.9. The molecule has 0 saturated carbocycles. The molecule has 0 atom stereocenters. The van der Waals surface area contributed by atoms with Crippen molar-refractivity contribution in [3.05, 3.63) is 200 Å². The molecule has 4 heteroatoms. The third-order valence-corrected chi connectivity index (χ3v) is 12.9. The smallest absolute Gasteiger partial charge is 0.145 e. The van der Waals surface area contributed by atoms with Crippen molar-refractivity contribution in [1.82, 2.24) is 14.5 Å². The van der Waals surface area contributed by atoms with Crippen LogP contribution >= 0.6 is 11.3 Å². The number of para-hydroxylation sites is 4. The van der Waals surface area contributed by atoms with Crippen LogP contribution < -0.4 is 0 Å². The van der Waals surface area contributed by atoms with Gasteiger partial charge in [0.15, 0.2) is 0 Å². The molecule has 0 aliphatic carbocycles. The molecule has 12 aromatic rings. The fourth-order valence-corrected chi connectivity index (χ4v) is 10.3. The Kier molecular flexibility index (Phi) is 7.40. The van der Waals surface area contributed by atoms with E-state index in [9.17, 15) is 0 Å². The van der Waals surface area contributed by atoms with Gasteiger partial charge in [0, 0.05) is 42.7 Å². The van der Waals surface area contributed by atoms with E-state index in [1.54, 1.807) is 0 Å². The highest BCUT2D eigenvalue weighted by molar-refractivity contribution is 7.24. The molecule has 0 amide bonds. The van der Waals surface area contributed by atoms with Gasteiger partial charge in [0.25, 0.3) is 0 Å². The van der Waals surface area contributed by atoms with Crippen LogP contribution in [0, 0.1) is 0 Å². The summed E-state index contributed by atoms with van der Waals surface area (Å²) in [5, 5.41) is 9.98. The van der Waals surface area contributed by atoms with Crippen LogP contribution in [0.15, 0.2) is 200 Å². The molecule has 0 spiro atoms. The number of pyridine rings is 1. The minimum atomic E-state index is 0.917. The predicted molar refractivity (Wildman–Crippen MR) is 246 cm³/mol. The first-order valence-electron chi connectivity index (χ1n) is 19.7. The van der Waals surface area contributed by atoms with Crippen LogP contribution in [0.2, 0.25) is 0 Å². The molecule has 3 aromatic heterocycles. The Morgan fingerprint density at radius 2 is 0.914 bits per heavy atom. The molecule has 0 unspecified atom stereocenters. The molecule has 3 nitrogen and oxygen atoms in total. The Morgan fingerprint density at radius 1 is 0.379 bits per heavy atom. The van der Waals surface area contributed by atoms with Gasteiger partial charge in [-0.25, -0.2) is 9.97 Å². The van der Waals surface area contributed by atoms with Gasteiger partial charge in [0.2, 0.25) is 0 Å². The van der Waals surface area contributed by atoms with Crippen molar-refractivity contribution in [2.75, 3.05) is 0 Å². The highest BCUT2D eigenvalue weighted by Crippen LogP contribution is 2.51. The van der Waals surface area contributed by atoms with Gasteiger partial charge in [-0.15, -0.1) is 11.3 Å². The van der Waals surface area contributed by atoms with Gasteiger partial charge >= 0.3 is 0 Å². The van der Waals surface area contributed by atoms with Crippen LogP contribution in [0.4, 0.5) is 0 Å². The monoisotopic (exact) mass is 755 g/mol. The zero-order valence-electron chi connectivity index (χ0n) is 31.3. The number of hydrogen-bond acceptors (Lipinski definition) is 3. The Morgan fingerprint density at radius 3 is 1.62 bits per heavy atom. The molecule has 0 N–H and O–H groups in total. The van der Waals surface area contributed by atoms with Crippen LogP contribution in [0.5, 0.6) is 0 Å². The molecular formula is C54H33N3S. The quantitative estimate of drug-likeness (QED) is 0.164. The lowest BCUT2D eigenvalue weighted by atomic mass is 9.91. The van der Waals surface area contributed by atoms with Crippen molar-refractivity contribution in [3.63, 3.8) is 0 Å². The molecule has 58 heavy (non-hydrogen) atoms. The molecule has 9 aromatic carbocycles. The van der Waals surface area contributed by atoms with Crippen molar-refractivity contribution in [3.8, 4) is 49.9 Å². The number of aromatic nitrogens is 3. The lowest BCUT2D eigenvalue weighted by Crippen LogP contribution is -1.97. The Hall–Kier alpha value is -7.40. The molecular weight excluding hydrogens is 723 g/mol. The van der Waals surface area contributed by atoms with Gasteiger partial charge < -0.3 is 0 Å². The Balaban J connectivity index is 1.14. The van der Waals surface area contributed by atoms with Crippen molar-refractivity contribution in [2.45, 2.75) is 0 Å². The number of nitrogens with zero attached hydrogens (tertiary/aromatic N) is 3. The van der Waals surface area contributed by atoms with E-state index in [2.05, 4.69) is 205 Å². The lowest BCUT2D eigenvalue weighted by molar-refractivity contribution is 1.10. The number of rotatable bonds is 5. The normalized spacial score (nSPS) is 11.8. The van der Waals surface area contributed by atoms with E-state index < -0.39 is 0 Å². The second-order valence-corrected chi connectivity index (χ2v) is 15.9. The fourth-order valence-electron chi connectivity index (χ4n) is 8.96. The average molecular weight is 756 g/mol. The zero-order chi connectivity index (χ0) is 38.2. The summed E-state index contributed by atoms with van der Waals surface area (Å²) in [4.78, 5) is 11.8. The summed E-state index contributed by atoms with van der Waals surface area (Å²) < 4.78 is 3.51. The van der Waals surface area contributed by atoms with E-state index in [1.165, 1.54) is 63.8 Å². The van der Waals surface area contributed by atoms with Crippen LogP contribution in [-0.4, -0.2) is 14.5 Å². The van der Waals surface area contributed by atoms with E-state index in [1.807, 2.05) is 11.3 Å². The second-order valence-electron chi connectivity index (χ2n) is 14.9. The van der Waals surface area contributed by atoms with E-state index in [-0.39, 0.29) is 0 Å². The zero-order valence-corrected chi connectivity index (χ0v) is 32.1. The van der Waals surface area contributed by atoms with Crippen LogP contribution in [0.3, 0.4) is 0 Å². The summed E-state index contributed by atoms with van der Waals surface area (Å²) in [5.74, 6) is 0.917. The summed E-state index contributed by atoms with van der Waals surface area (Å²) in [5.41, 5.74) is 10.8. The minimum Gasteiger partial charge on any atom is -0.292 e. The highest BCUT2D eigenvalue weighted by atomic mass is 32.1. The molecule has 12 rings (SSSR count). The van der Waals surface area contributed by atoms with Crippen LogP contribution in [0.25, 0.3) is 114 Å². The average Bonchev–Trinajstić information content (AvgIpc) is 3.90. The predicted octanol–water partition coefficient (Wildman–Crippen LogP) is 14.9. The van der Waals surface area contributed by atoms with Gasteiger partial charge in [-0.2, -0.15) is 0 Å². The number of hydrogen-bond donors (Lipinski definition) is 0. The summed E-state index contributed by atoms with van der Waals surface area (Å²) >= 11 is 1.87. The molecule has 0 radical (unpaired) electrons. The molecule has 0 bridgehead atoms. The van der Waals surface area contributed by atoms with Gasteiger partial charge in [-0.3, -0.25) is 4.57 Å². The van der Waals surface area contributed by atoms with Crippen molar-refractivity contribution in [1.29, 1.82) is 0 Å². The van der Waals surface area contributed by atoms with Crippen molar-refractivity contribution in [2.24, 2.45) is 0 Å². The second kappa shape index (κ2) is 13.1. The summed E-state index contributed by atoms with van der Waals surface area (Å²) in [6.45, 7) is 0. The standard InChI is InChI=1S/C54H33N3S/c1-3-15-35(16-4-1)51-50-49(34-27-29-36(30-28-34)54-56-47-25-13-14-26-48(47)57(54)38-17-5-2-6-18-38)52(58-53(50)44-23-11-12-24-46(44)55-51)37-31-32-43-41-21-8-7-19-39(41)40-20-9-10-22-42(40)45(43)33-37/h1-33H. The Labute approximate surface area is 338 Å². The lowest BCUT2D eigenvalue weighted by Gasteiger charge is -2.14. The molecule has 0 fully saturated rings. The number of fused-ring (bicyclic) bond motifs is 10. The number of thiophene rings is 1. The van der Waals surface area contributed by atoms with Crippen LogP contribution in [-0.2, 0) is 0 Å². The SMILES string of the molecule is c1ccc(-c2nc3ccccc3c3sc(-c4ccc5c6ccccc6c6ccccc6c5c4)c(-c4ccc(-c5nc6ccccc6n5-c5ccccc5)cc4)c23)cc1. The van der Waals surface area contributed by atoms with Gasteiger partial charge in [0.1, 0.15) is 5.82 Å². The van der Waals surface area contributed by atoms with Crippen molar-refractivity contribution < 1.29 is 0 Å². The number of benzene rings is 9. The van der Waals surface area contributed by atoms with Gasteiger partial charge in [-0.1, -0.05) is 164 Å². The minimum absolute atomic E-state index is 0.917. The molecule has 0 saturated heterocycles. The van der Waals surface area contributed by atoms with E-state index in [0.29, 0.717) is 0 Å².